The maximum Gasteiger partial charge on any atom is 0.282 e. The van der Waals surface area contributed by atoms with Crippen molar-refractivity contribution in [1.29, 1.82) is 0 Å². The van der Waals surface area contributed by atoms with Crippen molar-refractivity contribution in [2.24, 2.45) is 0 Å². The highest BCUT2D eigenvalue weighted by Gasteiger charge is 2.19. The Morgan fingerprint density at radius 1 is 1.50 bits per heavy atom. The molecule has 4 N–H and O–H groups in total. The highest BCUT2D eigenvalue weighted by atomic mass is 35.5. The minimum atomic E-state index is -2.90. The van der Waals surface area contributed by atoms with Gasteiger partial charge in [-0.25, -0.2) is 13.8 Å². The van der Waals surface area contributed by atoms with Crippen molar-refractivity contribution in [2.75, 3.05) is 11.5 Å². The van der Waals surface area contributed by atoms with E-state index in [0.29, 0.717) is 0 Å². The summed E-state index contributed by atoms with van der Waals surface area (Å²) in [5.41, 5.74) is 9.02. The molecule has 0 aromatic carbocycles. The second kappa shape index (κ2) is 3.75. The fraction of sp³-hybridized carbons (Fsp3) is 0.143. The molecule has 0 aliphatic heterocycles. The molecule has 0 amide bonds. The van der Waals surface area contributed by atoms with Crippen molar-refractivity contribution < 1.29 is 13.6 Å². The number of rotatable bonds is 2. The average molecular weight is 222 g/mol. The van der Waals surface area contributed by atoms with Gasteiger partial charge in [-0.3, -0.25) is 4.79 Å². The first-order valence-electron chi connectivity index (χ1n) is 3.47. The van der Waals surface area contributed by atoms with Gasteiger partial charge in [0.2, 0.25) is 0 Å². The first kappa shape index (κ1) is 10.6. The summed E-state index contributed by atoms with van der Waals surface area (Å²) in [4.78, 5) is 14.1. The van der Waals surface area contributed by atoms with Gasteiger partial charge in [-0.15, -0.1) is 0 Å². The van der Waals surface area contributed by atoms with Crippen LogP contribution in [-0.4, -0.2) is 10.2 Å². The van der Waals surface area contributed by atoms with Crippen LogP contribution in [0.3, 0.4) is 0 Å². The van der Waals surface area contributed by atoms with Gasteiger partial charge in [0, 0.05) is 0 Å². The summed E-state index contributed by atoms with van der Waals surface area (Å²) >= 11 is 5.11. The second-order valence-electron chi connectivity index (χ2n) is 2.47. The minimum Gasteiger partial charge on any atom is -0.396 e. The Bertz CT molecular complexity index is 383. The lowest BCUT2D eigenvalue weighted by molar-refractivity contribution is 0.108. The lowest BCUT2D eigenvalue weighted by atomic mass is 10.2. The number of hydrogen-bond donors (Lipinski definition) is 2. The molecule has 0 unspecified atom stereocenters. The molecule has 0 atom stereocenters. The van der Waals surface area contributed by atoms with Crippen LogP contribution in [0, 0.1) is 0 Å². The molecular formula is C7H6ClF2N3O. The second-order valence-corrected chi connectivity index (χ2v) is 2.81. The van der Waals surface area contributed by atoms with Crippen LogP contribution in [0.4, 0.5) is 20.3 Å². The summed E-state index contributed by atoms with van der Waals surface area (Å²) in [6.07, 6.45) is -2.90. The summed E-state index contributed by atoms with van der Waals surface area (Å²) in [6.45, 7) is 0. The van der Waals surface area contributed by atoms with Crippen LogP contribution >= 0.6 is 11.6 Å². The Kier molecular flexibility index (Phi) is 2.85. The molecule has 0 spiro atoms. The fourth-order valence-corrected chi connectivity index (χ4v) is 1.08. The Morgan fingerprint density at radius 2 is 2.07 bits per heavy atom. The molecule has 4 nitrogen and oxygen atoms in total. The zero-order chi connectivity index (χ0) is 10.9. The smallest absolute Gasteiger partial charge is 0.282 e. The monoisotopic (exact) mass is 221 g/mol. The zero-order valence-electron chi connectivity index (χ0n) is 6.80. The van der Waals surface area contributed by atoms with E-state index < -0.39 is 23.0 Å². The molecule has 0 radical (unpaired) electrons. The quantitative estimate of drug-likeness (QED) is 0.743. The number of carbonyl (C=O) groups is 1. The molecule has 0 saturated carbocycles. The molecule has 1 aromatic rings. The molecule has 1 heterocycles. The number of alkyl halides is 2. The van der Waals surface area contributed by atoms with Gasteiger partial charge in [0.15, 0.2) is 0 Å². The zero-order valence-corrected chi connectivity index (χ0v) is 7.55. The van der Waals surface area contributed by atoms with Crippen LogP contribution in [0.5, 0.6) is 0 Å². The van der Waals surface area contributed by atoms with Gasteiger partial charge in [0.1, 0.15) is 11.5 Å². The highest BCUT2D eigenvalue weighted by Crippen LogP contribution is 2.28. The summed E-state index contributed by atoms with van der Waals surface area (Å²) in [6, 6.07) is 1.05. The topological polar surface area (TPSA) is 82.0 Å². The lowest BCUT2D eigenvalue weighted by Crippen LogP contribution is -2.07. The predicted molar refractivity (Wildman–Crippen MR) is 48.2 cm³/mol. The summed E-state index contributed by atoms with van der Waals surface area (Å²) < 4.78 is 24.6. The number of aromatic nitrogens is 1. The number of nitrogens with zero attached hydrogens (tertiary/aromatic N) is 1. The van der Waals surface area contributed by atoms with E-state index >= 15 is 0 Å². The summed E-state index contributed by atoms with van der Waals surface area (Å²) in [5.74, 6) is -0.224. The van der Waals surface area contributed by atoms with E-state index in [1.54, 1.807) is 0 Å². The van der Waals surface area contributed by atoms with Gasteiger partial charge >= 0.3 is 0 Å². The number of pyridine rings is 1. The van der Waals surface area contributed by atoms with E-state index in [0.717, 1.165) is 6.07 Å². The highest BCUT2D eigenvalue weighted by molar-refractivity contribution is 6.68. The summed E-state index contributed by atoms with van der Waals surface area (Å²) in [7, 11) is 0. The van der Waals surface area contributed by atoms with E-state index in [4.69, 9.17) is 23.1 Å². The Morgan fingerprint density at radius 3 is 2.50 bits per heavy atom. The van der Waals surface area contributed by atoms with Crippen molar-refractivity contribution in [1.82, 2.24) is 4.98 Å². The van der Waals surface area contributed by atoms with Crippen LogP contribution < -0.4 is 11.5 Å². The van der Waals surface area contributed by atoms with E-state index in [9.17, 15) is 13.6 Å². The van der Waals surface area contributed by atoms with Crippen molar-refractivity contribution in [2.45, 2.75) is 6.43 Å². The van der Waals surface area contributed by atoms with Gasteiger partial charge < -0.3 is 11.5 Å². The first-order valence-corrected chi connectivity index (χ1v) is 3.85. The number of hydrogen-bond acceptors (Lipinski definition) is 4. The minimum absolute atomic E-state index is 0.224. The van der Waals surface area contributed by atoms with Gasteiger partial charge in [-0.2, -0.15) is 0 Å². The molecule has 0 aliphatic carbocycles. The molecule has 7 heteroatoms. The maximum atomic E-state index is 12.3. The molecule has 1 rings (SSSR count). The first-order chi connectivity index (χ1) is 6.43. The van der Waals surface area contributed by atoms with Crippen LogP contribution in [0.15, 0.2) is 6.07 Å². The summed E-state index contributed by atoms with van der Waals surface area (Å²) in [5, 5.41) is -0.946. The fourth-order valence-electron chi connectivity index (χ4n) is 0.924. The van der Waals surface area contributed by atoms with Crippen molar-refractivity contribution >= 4 is 28.3 Å². The number of nitrogen functional groups attached to an aromatic ring is 2. The van der Waals surface area contributed by atoms with E-state index in [-0.39, 0.29) is 11.4 Å². The van der Waals surface area contributed by atoms with Crippen molar-refractivity contribution in [3.8, 4) is 0 Å². The normalized spacial score (nSPS) is 10.6. The van der Waals surface area contributed by atoms with Gasteiger partial charge in [0.25, 0.3) is 11.7 Å². The Labute approximate surface area is 82.9 Å². The average Bonchev–Trinajstić information content (AvgIpc) is 2.07. The SMILES string of the molecule is Nc1cc(C(=O)Cl)c(N)c(C(F)F)n1. The number of halogens is 3. The van der Waals surface area contributed by atoms with Gasteiger partial charge in [-0.1, -0.05) is 0 Å². The van der Waals surface area contributed by atoms with E-state index in [2.05, 4.69) is 4.98 Å². The molecule has 0 fully saturated rings. The number of carbonyl (C=O) groups excluding carboxylic acids is 1. The molecule has 1 aromatic heterocycles. The molecule has 0 saturated heterocycles. The molecule has 0 aliphatic rings. The van der Waals surface area contributed by atoms with Crippen LogP contribution in [0.2, 0.25) is 0 Å². The van der Waals surface area contributed by atoms with Crippen LogP contribution in [0.25, 0.3) is 0 Å². The van der Waals surface area contributed by atoms with Crippen molar-refractivity contribution in [3.05, 3.63) is 17.3 Å². The van der Waals surface area contributed by atoms with E-state index in [1.807, 2.05) is 0 Å². The predicted octanol–water partition coefficient (Wildman–Crippen LogP) is 1.56. The molecular weight excluding hydrogens is 216 g/mol. The maximum absolute atomic E-state index is 12.3. The van der Waals surface area contributed by atoms with Gasteiger partial charge in [-0.05, 0) is 17.7 Å². The third-order valence-corrected chi connectivity index (χ3v) is 1.73. The number of anilines is 2. The molecule has 76 valence electrons. The largest absolute Gasteiger partial charge is 0.396 e. The molecule has 14 heavy (non-hydrogen) atoms. The Balaban J connectivity index is 3.40. The third-order valence-electron chi connectivity index (χ3n) is 1.53. The van der Waals surface area contributed by atoms with E-state index in [1.165, 1.54) is 0 Å². The molecule has 0 bridgehead atoms. The lowest BCUT2D eigenvalue weighted by Gasteiger charge is -2.07. The van der Waals surface area contributed by atoms with Crippen LogP contribution in [-0.2, 0) is 0 Å². The van der Waals surface area contributed by atoms with Gasteiger partial charge in [0.05, 0.1) is 11.3 Å². The van der Waals surface area contributed by atoms with Crippen molar-refractivity contribution in [3.63, 3.8) is 0 Å². The third kappa shape index (κ3) is 1.90. The van der Waals surface area contributed by atoms with Crippen LogP contribution in [0.1, 0.15) is 22.5 Å². The standard InChI is InChI=1S/C7H6ClF2N3O/c8-6(14)2-1-3(11)13-5(4(2)12)7(9)10/h1,7H,12H2,(H2,11,13). The Hall–Kier alpha value is -1.43. The number of nitrogens with two attached hydrogens (primary N) is 2.